The molecule has 0 radical (unpaired) electrons. The highest BCUT2D eigenvalue weighted by molar-refractivity contribution is 7.98. The third kappa shape index (κ3) is 19.1. The molecule has 58 heavy (non-hydrogen) atoms. The zero-order chi connectivity index (χ0) is 44.1. The van der Waals surface area contributed by atoms with Crippen LogP contribution in [0.2, 0.25) is 0 Å². The predicted molar refractivity (Wildman–Crippen MR) is 220 cm³/mol. The van der Waals surface area contributed by atoms with E-state index >= 15 is 0 Å². The predicted octanol–water partition coefficient (Wildman–Crippen LogP) is -0.587. The molecule has 1 rings (SSSR count). The summed E-state index contributed by atoms with van der Waals surface area (Å²) in [5, 5.41) is 34.1. The Bertz CT molecular complexity index is 1440. The van der Waals surface area contributed by atoms with Gasteiger partial charge in [-0.15, -0.1) is 0 Å². The summed E-state index contributed by atoms with van der Waals surface area (Å²) in [6, 6.07) is -7.67. The van der Waals surface area contributed by atoms with Crippen molar-refractivity contribution in [2.24, 2.45) is 17.6 Å². The minimum Gasteiger partial charge on any atom is -0.481 e. The lowest BCUT2D eigenvalue weighted by Gasteiger charge is -2.30. The average molecular weight is 861 g/mol. The van der Waals surface area contributed by atoms with Crippen molar-refractivity contribution in [3.05, 3.63) is 0 Å². The number of carboxylic acid groups (broad SMARTS) is 2. The summed E-state index contributed by atoms with van der Waals surface area (Å²) in [5.41, 5.74) is 5.86. The van der Waals surface area contributed by atoms with E-state index in [2.05, 4.69) is 31.9 Å². The fourth-order valence-corrected chi connectivity index (χ4v) is 7.02. The number of thioether (sulfide) groups is 2. The Morgan fingerprint density at radius 2 is 1.21 bits per heavy atom. The van der Waals surface area contributed by atoms with Crippen molar-refractivity contribution in [1.82, 2.24) is 36.8 Å². The van der Waals surface area contributed by atoms with Gasteiger partial charge in [0.2, 0.25) is 41.4 Å². The summed E-state index contributed by atoms with van der Waals surface area (Å²) in [6.45, 7) is 8.37. The second kappa shape index (κ2) is 26.8. The molecule has 0 spiro atoms. The molecule has 0 aromatic carbocycles. The maximum absolute atomic E-state index is 13.7. The van der Waals surface area contributed by atoms with Gasteiger partial charge in [-0.1, -0.05) is 27.7 Å². The van der Waals surface area contributed by atoms with Gasteiger partial charge in [-0.3, -0.25) is 38.4 Å². The van der Waals surface area contributed by atoms with Gasteiger partial charge in [-0.25, -0.2) is 4.79 Å². The standard InChI is InChI=1S/C37H64N8O11S2/c1-20(2)17-26(35(53)44-27(18-21(3)4)36(54)45-14-8-9-28(45)37(55)56)43-34(52)25(13-16-58-7)41-29(46)19-39-33(51)24(10-11-30(47)48)42-31(49)22(5)40-32(50)23(38)12-15-57-6/h20-28H,8-19,38H2,1-7H3,(H,39,51)(H,40,50)(H,41,46)(H,42,49)(H,43,52)(H,44,53)(H,47,48)(H,55,56). The number of rotatable bonds is 27. The van der Waals surface area contributed by atoms with Gasteiger partial charge in [0.25, 0.3) is 0 Å². The molecule has 7 atom stereocenters. The third-order valence-electron chi connectivity index (χ3n) is 9.17. The fraction of sp³-hybridized carbons (Fsp3) is 0.757. The molecule has 1 heterocycles. The maximum Gasteiger partial charge on any atom is 0.326 e. The molecule has 0 bridgehead atoms. The van der Waals surface area contributed by atoms with Crippen LogP contribution in [-0.4, -0.2) is 148 Å². The molecule has 0 aliphatic carbocycles. The van der Waals surface area contributed by atoms with Crippen molar-refractivity contribution < 1.29 is 53.4 Å². The second-order valence-corrected chi connectivity index (χ2v) is 17.1. The summed E-state index contributed by atoms with van der Waals surface area (Å²) in [7, 11) is 0. The number of hydrogen-bond donors (Lipinski definition) is 9. The molecular formula is C37H64N8O11S2. The van der Waals surface area contributed by atoms with E-state index in [1.165, 1.54) is 35.3 Å². The normalized spacial score (nSPS) is 16.9. The molecule has 0 aromatic rings. The summed E-state index contributed by atoms with van der Waals surface area (Å²) in [6.07, 6.45) is 4.57. The van der Waals surface area contributed by atoms with Crippen LogP contribution in [-0.2, 0) is 43.2 Å². The summed E-state index contributed by atoms with van der Waals surface area (Å²) in [4.78, 5) is 117. The molecule has 1 aliphatic heterocycles. The van der Waals surface area contributed by atoms with E-state index in [1.54, 1.807) is 6.26 Å². The van der Waals surface area contributed by atoms with E-state index in [-0.39, 0.29) is 44.1 Å². The van der Waals surface area contributed by atoms with E-state index in [9.17, 15) is 53.4 Å². The minimum absolute atomic E-state index is 0.0382. The van der Waals surface area contributed by atoms with Gasteiger partial charge in [0, 0.05) is 13.0 Å². The Kier molecular flexibility index (Phi) is 24.0. The molecule has 10 N–H and O–H groups in total. The van der Waals surface area contributed by atoms with Crippen LogP contribution in [0, 0.1) is 11.8 Å². The monoisotopic (exact) mass is 860 g/mol. The van der Waals surface area contributed by atoms with Gasteiger partial charge in [0.15, 0.2) is 0 Å². The molecule has 19 nitrogen and oxygen atoms in total. The zero-order valence-corrected chi connectivity index (χ0v) is 36.2. The largest absolute Gasteiger partial charge is 0.481 e. The summed E-state index contributed by atoms with van der Waals surface area (Å²) in [5.74, 6) is -6.31. The highest BCUT2D eigenvalue weighted by Gasteiger charge is 2.39. The average Bonchev–Trinajstić information content (AvgIpc) is 3.65. The Hall–Kier alpha value is -4.11. The molecule has 7 unspecified atom stereocenters. The molecule has 7 amide bonds. The smallest absolute Gasteiger partial charge is 0.326 e. The highest BCUT2D eigenvalue weighted by Crippen LogP contribution is 2.21. The Morgan fingerprint density at radius 3 is 1.78 bits per heavy atom. The molecule has 0 aromatic heterocycles. The van der Waals surface area contributed by atoms with Gasteiger partial charge in [-0.05, 0) is 87.7 Å². The van der Waals surface area contributed by atoms with Crippen LogP contribution in [0.15, 0.2) is 0 Å². The van der Waals surface area contributed by atoms with Crippen LogP contribution in [0.25, 0.3) is 0 Å². The number of nitrogens with two attached hydrogens (primary N) is 1. The first-order valence-corrected chi connectivity index (χ1v) is 22.3. The highest BCUT2D eigenvalue weighted by atomic mass is 32.2. The third-order valence-corrected chi connectivity index (χ3v) is 10.5. The number of nitrogens with one attached hydrogen (secondary N) is 6. The van der Waals surface area contributed by atoms with E-state index in [4.69, 9.17) is 5.73 Å². The first-order chi connectivity index (χ1) is 27.2. The quantitative estimate of drug-likeness (QED) is 0.0500. The summed E-state index contributed by atoms with van der Waals surface area (Å²) >= 11 is 2.90. The van der Waals surface area contributed by atoms with Gasteiger partial charge >= 0.3 is 11.9 Å². The maximum atomic E-state index is 13.7. The molecule has 1 saturated heterocycles. The Morgan fingerprint density at radius 1 is 0.672 bits per heavy atom. The van der Waals surface area contributed by atoms with Crippen LogP contribution >= 0.6 is 23.5 Å². The van der Waals surface area contributed by atoms with Crippen LogP contribution in [0.3, 0.4) is 0 Å². The van der Waals surface area contributed by atoms with Crippen molar-refractivity contribution in [2.75, 3.05) is 37.1 Å². The lowest BCUT2D eigenvalue weighted by Crippen LogP contribution is -2.58. The van der Waals surface area contributed by atoms with Crippen LogP contribution in [0.5, 0.6) is 0 Å². The molecule has 1 fully saturated rings. The van der Waals surface area contributed by atoms with Gasteiger partial charge < -0.3 is 52.7 Å². The Labute approximate surface area is 349 Å². The number of nitrogens with zero attached hydrogens (tertiary/aromatic N) is 1. The number of carbonyl (C=O) groups is 9. The molecule has 21 heteroatoms. The minimum atomic E-state index is -1.39. The number of hydrogen-bond acceptors (Lipinski definition) is 12. The van der Waals surface area contributed by atoms with E-state index in [0.717, 1.165) is 0 Å². The van der Waals surface area contributed by atoms with Crippen LogP contribution < -0.4 is 37.6 Å². The first kappa shape index (κ1) is 51.9. The lowest BCUT2D eigenvalue weighted by molar-refractivity contribution is -0.149. The van der Waals surface area contributed by atoms with Gasteiger partial charge in [-0.2, -0.15) is 23.5 Å². The second-order valence-electron chi connectivity index (χ2n) is 15.1. The van der Waals surface area contributed by atoms with E-state index < -0.39 is 109 Å². The van der Waals surface area contributed by atoms with Crippen molar-refractivity contribution >= 4 is 76.8 Å². The van der Waals surface area contributed by atoms with Crippen LogP contribution in [0.1, 0.15) is 86.0 Å². The van der Waals surface area contributed by atoms with Crippen LogP contribution in [0.4, 0.5) is 0 Å². The molecular weight excluding hydrogens is 797 g/mol. The fourth-order valence-electron chi connectivity index (χ4n) is 6.06. The molecule has 0 saturated carbocycles. The SMILES string of the molecule is CSCCC(N)C(=O)NC(C)C(=O)NC(CCC(=O)O)C(=O)NCC(=O)NC(CCSC)C(=O)NC(CC(C)C)C(=O)NC(CC(C)C)C(=O)N1CCCC1C(=O)O. The molecule has 330 valence electrons. The zero-order valence-electron chi connectivity index (χ0n) is 34.6. The number of carbonyl (C=O) groups excluding carboxylic acids is 7. The van der Waals surface area contributed by atoms with Gasteiger partial charge in [0.05, 0.1) is 12.6 Å². The van der Waals surface area contributed by atoms with Crippen molar-refractivity contribution in [3.8, 4) is 0 Å². The molecule has 1 aliphatic rings. The number of carboxylic acids is 2. The number of aliphatic carboxylic acids is 2. The Balaban J connectivity index is 3.06. The number of likely N-dealkylation sites (tertiary alicyclic amines) is 1. The van der Waals surface area contributed by atoms with E-state index in [0.29, 0.717) is 30.8 Å². The lowest BCUT2D eigenvalue weighted by atomic mass is 9.99. The van der Waals surface area contributed by atoms with Crippen molar-refractivity contribution in [3.63, 3.8) is 0 Å². The summed E-state index contributed by atoms with van der Waals surface area (Å²) < 4.78 is 0. The first-order valence-electron chi connectivity index (χ1n) is 19.5. The van der Waals surface area contributed by atoms with Gasteiger partial charge in [0.1, 0.15) is 36.3 Å². The van der Waals surface area contributed by atoms with E-state index in [1.807, 2.05) is 34.0 Å². The van der Waals surface area contributed by atoms with Crippen molar-refractivity contribution in [1.29, 1.82) is 0 Å². The van der Waals surface area contributed by atoms with Crippen molar-refractivity contribution in [2.45, 2.75) is 128 Å². The topological polar surface area (TPSA) is 296 Å². The number of amides is 7.